The van der Waals surface area contributed by atoms with Crippen LogP contribution in [0.15, 0.2) is 24.4 Å². The summed E-state index contributed by atoms with van der Waals surface area (Å²) in [5, 5.41) is 8.10. The van der Waals surface area contributed by atoms with Crippen molar-refractivity contribution in [3.63, 3.8) is 0 Å². The van der Waals surface area contributed by atoms with Crippen molar-refractivity contribution in [3.8, 4) is 0 Å². The number of benzene rings is 1. The van der Waals surface area contributed by atoms with Crippen LogP contribution in [0.25, 0.3) is 11.0 Å². The number of rotatable bonds is 8. The van der Waals surface area contributed by atoms with Gasteiger partial charge in [0.25, 0.3) is 0 Å². The van der Waals surface area contributed by atoms with Gasteiger partial charge in [-0.2, -0.15) is 23.3 Å². The van der Waals surface area contributed by atoms with E-state index in [2.05, 4.69) is 27.3 Å². The molecule has 0 saturated carbocycles. The highest BCUT2D eigenvalue weighted by atomic mass is 19.4. The van der Waals surface area contributed by atoms with Crippen LogP contribution in [0.4, 0.5) is 19.1 Å². The number of nitrogens with one attached hydrogen (secondary N) is 1. The van der Waals surface area contributed by atoms with Crippen LogP contribution < -0.4 is 11.1 Å². The lowest BCUT2D eigenvalue weighted by Gasteiger charge is -2.14. The topological polar surface area (TPSA) is 98.7 Å². The molecule has 0 radical (unpaired) electrons. The van der Waals surface area contributed by atoms with Crippen LogP contribution in [-0.4, -0.2) is 38.6 Å². The third kappa shape index (κ3) is 4.32. The summed E-state index contributed by atoms with van der Waals surface area (Å²) in [6.07, 6.45) is 0.405. The van der Waals surface area contributed by atoms with E-state index in [9.17, 15) is 18.0 Å². The molecular formula is C22H25F3N6O. The molecule has 0 bridgehead atoms. The van der Waals surface area contributed by atoms with E-state index >= 15 is 0 Å². The summed E-state index contributed by atoms with van der Waals surface area (Å²) in [5.41, 5.74) is 6.49. The lowest BCUT2D eigenvalue weighted by atomic mass is 9.93. The van der Waals surface area contributed by atoms with Crippen molar-refractivity contribution in [1.82, 2.24) is 19.7 Å². The number of aromatic nitrogens is 4. The molecule has 1 aliphatic carbocycles. The predicted octanol–water partition coefficient (Wildman–Crippen LogP) is 3.66. The zero-order valence-corrected chi connectivity index (χ0v) is 17.7. The zero-order chi connectivity index (χ0) is 22.9. The van der Waals surface area contributed by atoms with Gasteiger partial charge >= 0.3 is 6.18 Å². The van der Waals surface area contributed by atoms with Crippen molar-refractivity contribution in [2.24, 2.45) is 5.73 Å². The number of carbonyl (C=O) groups excluding carboxylic acids is 1. The van der Waals surface area contributed by atoms with Crippen molar-refractivity contribution in [1.29, 1.82) is 0 Å². The Morgan fingerprint density at radius 2 is 2.06 bits per heavy atom. The molecule has 2 aromatic heterocycles. The van der Waals surface area contributed by atoms with Gasteiger partial charge in [0.2, 0.25) is 5.95 Å². The summed E-state index contributed by atoms with van der Waals surface area (Å²) in [6, 6.07) is 3.47. The minimum absolute atomic E-state index is 0.0693. The molecule has 1 unspecified atom stereocenters. The molecule has 3 N–H and O–H groups in total. The van der Waals surface area contributed by atoms with E-state index in [1.165, 1.54) is 6.07 Å². The number of alkyl halides is 3. The summed E-state index contributed by atoms with van der Waals surface area (Å²) in [4.78, 5) is 21.9. The van der Waals surface area contributed by atoms with Crippen molar-refractivity contribution in [2.45, 2.75) is 51.2 Å². The average Bonchev–Trinajstić information content (AvgIpc) is 3.30. The third-order valence-electron chi connectivity index (χ3n) is 5.62. The number of unbranched alkanes of at least 4 members (excludes halogenated alkanes) is 2. The molecule has 4 rings (SSSR count). The number of ketones is 1. The highest BCUT2D eigenvalue weighted by Gasteiger charge is 2.38. The van der Waals surface area contributed by atoms with Crippen LogP contribution >= 0.6 is 0 Å². The molecule has 1 aliphatic rings. The van der Waals surface area contributed by atoms with Crippen LogP contribution in [0.5, 0.6) is 0 Å². The lowest BCUT2D eigenvalue weighted by Crippen LogP contribution is -2.17. The Bertz CT molecular complexity index is 1140. The Hall–Kier alpha value is -3.01. The number of carbonyl (C=O) groups is 1. The number of halogens is 3. The molecule has 0 fully saturated rings. The molecule has 32 heavy (non-hydrogen) atoms. The van der Waals surface area contributed by atoms with Gasteiger partial charge in [0.15, 0.2) is 11.4 Å². The minimum Gasteiger partial charge on any atom is -0.353 e. The smallest absolute Gasteiger partial charge is 0.353 e. The molecule has 0 saturated heterocycles. The van der Waals surface area contributed by atoms with Gasteiger partial charge in [-0.25, -0.2) is 4.98 Å². The molecule has 1 aromatic carbocycles. The van der Waals surface area contributed by atoms with Gasteiger partial charge in [-0.1, -0.05) is 25.8 Å². The SMILES string of the molecule is CCCCCn1cc2c(C3C(=O)Cc4ccc(C(F)(F)F)cc43)nc(NCCN)nc2n1. The molecule has 170 valence electrons. The second kappa shape index (κ2) is 8.85. The second-order valence-electron chi connectivity index (χ2n) is 7.97. The summed E-state index contributed by atoms with van der Waals surface area (Å²) >= 11 is 0. The molecule has 7 nitrogen and oxygen atoms in total. The Morgan fingerprint density at radius 1 is 1.25 bits per heavy atom. The first kappa shape index (κ1) is 22.2. The zero-order valence-electron chi connectivity index (χ0n) is 17.7. The number of Topliss-reactive ketones (excluding diaryl/α,β-unsaturated/α-hetero) is 1. The maximum atomic E-state index is 13.3. The standard InChI is InChI=1S/C22H25F3N6O/c1-2-3-4-9-31-12-16-19(28-21(27-8-7-26)29-20(16)30-31)18-15-11-14(22(23,24)25)6-5-13(15)10-17(18)32/h5-6,11-12,18H,2-4,7-10,26H2,1H3,(H,27,29,30). The fourth-order valence-corrected chi connectivity index (χ4v) is 4.06. The molecule has 1 atom stereocenters. The Balaban J connectivity index is 1.83. The van der Waals surface area contributed by atoms with Crippen LogP contribution in [0.3, 0.4) is 0 Å². The number of aryl methyl sites for hydroxylation is 1. The fourth-order valence-electron chi connectivity index (χ4n) is 4.06. The van der Waals surface area contributed by atoms with Gasteiger partial charge in [0, 0.05) is 32.3 Å². The summed E-state index contributed by atoms with van der Waals surface area (Å²) in [7, 11) is 0. The largest absolute Gasteiger partial charge is 0.416 e. The van der Waals surface area contributed by atoms with Crippen LogP contribution in [0, 0.1) is 0 Å². The van der Waals surface area contributed by atoms with Crippen LogP contribution in [-0.2, 0) is 23.9 Å². The normalized spacial score (nSPS) is 16.0. The van der Waals surface area contributed by atoms with Gasteiger partial charge in [0.05, 0.1) is 22.6 Å². The fraction of sp³-hybridized carbons (Fsp3) is 0.455. The van der Waals surface area contributed by atoms with Gasteiger partial charge < -0.3 is 11.1 Å². The molecule has 10 heteroatoms. The van der Waals surface area contributed by atoms with Crippen molar-refractivity contribution < 1.29 is 18.0 Å². The first-order valence-electron chi connectivity index (χ1n) is 10.7. The number of hydrogen-bond acceptors (Lipinski definition) is 6. The average molecular weight is 446 g/mol. The van der Waals surface area contributed by atoms with E-state index in [0.29, 0.717) is 47.5 Å². The molecule has 2 heterocycles. The van der Waals surface area contributed by atoms with Crippen LogP contribution in [0.1, 0.15) is 54.5 Å². The first-order valence-corrected chi connectivity index (χ1v) is 10.7. The molecule has 0 amide bonds. The van der Waals surface area contributed by atoms with E-state index < -0.39 is 17.7 Å². The van der Waals surface area contributed by atoms with Gasteiger partial charge in [0.1, 0.15) is 0 Å². The predicted molar refractivity (Wildman–Crippen MR) is 114 cm³/mol. The number of anilines is 1. The maximum Gasteiger partial charge on any atom is 0.416 e. The van der Waals surface area contributed by atoms with E-state index in [4.69, 9.17) is 5.73 Å². The number of nitrogens with zero attached hydrogens (tertiary/aromatic N) is 4. The Labute approximate surface area is 183 Å². The van der Waals surface area contributed by atoms with E-state index in [1.807, 2.05) is 0 Å². The number of hydrogen-bond donors (Lipinski definition) is 2. The van der Waals surface area contributed by atoms with Gasteiger partial charge in [-0.15, -0.1) is 0 Å². The van der Waals surface area contributed by atoms with E-state index in [-0.39, 0.29) is 18.2 Å². The molecular weight excluding hydrogens is 421 g/mol. The quantitative estimate of drug-likeness (QED) is 0.513. The Kier molecular flexibility index (Phi) is 6.14. The second-order valence-corrected chi connectivity index (χ2v) is 7.97. The van der Waals surface area contributed by atoms with E-state index in [0.717, 1.165) is 31.4 Å². The lowest BCUT2D eigenvalue weighted by molar-refractivity contribution is -0.137. The highest BCUT2D eigenvalue weighted by Crippen LogP contribution is 2.41. The monoisotopic (exact) mass is 446 g/mol. The highest BCUT2D eigenvalue weighted by molar-refractivity contribution is 5.98. The minimum atomic E-state index is -4.50. The van der Waals surface area contributed by atoms with Crippen molar-refractivity contribution in [2.75, 3.05) is 18.4 Å². The summed E-state index contributed by atoms with van der Waals surface area (Å²) < 4.78 is 41.8. The van der Waals surface area contributed by atoms with Gasteiger partial charge in [-0.3, -0.25) is 9.48 Å². The summed E-state index contributed by atoms with van der Waals surface area (Å²) in [5.74, 6) is -0.836. The maximum absolute atomic E-state index is 13.3. The molecule has 0 spiro atoms. The molecule has 3 aromatic rings. The summed E-state index contributed by atoms with van der Waals surface area (Å²) in [6.45, 7) is 3.55. The van der Waals surface area contributed by atoms with E-state index in [1.54, 1.807) is 10.9 Å². The first-order chi connectivity index (χ1) is 15.3. The third-order valence-corrected chi connectivity index (χ3v) is 5.62. The van der Waals surface area contributed by atoms with Gasteiger partial charge in [-0.05, 0) is 29.7 Å². The van der Waals surface area contributed by atoms with Crippen molar-refractivity contribution in [3.05, 3.63) is 46.8 Å². The van der Waals surface area contributed by atoms with Crippen molar-refractivity contribution >= 4 is 22.8 Å². The Morgan fingerprint density at radius 3 is 2.78 bits per heavy atom. The number of fused-ring (bicyclic) bond motifs is 2. The molecule has 0 aliphatic heterocycles. The number of nitrogens with two attached hydrogens (primary N) is 1. The van der Waals surface area contributed by atoms with Crippen LogP contribution in [0.2, 0.25) is 0 Å².